The van der Waals surface area contributed by atoms with Crippen molar-refractivity contribution < 1.29 is 18.4 Å². The molecule has 3 aromatic heterocycles. The van der Waals surface area contributed by atoms with E-state index < -0.39 is 11.7 Å². The predicted octanol–water partition coefficient (Wildman–Crippen LogP) is 3.71. The number of urea groups is 1. The van der Waals surface area contributed by atoms with E-state index in [1.807, 2.05) is 0 Å². The molecule has 11 heteroatoms. The van der Waals surface area contributed by atoms with Crippen LogP contribution in [-0.4, -0.2) is 49.3 Å². The van der Waals surface area contributed by atoms with Gasteiger partial charge in [-0.2, -0.15) is 0 Å². The van der Waals surface area contributed by atoms with E-state index >= 15 is 0 Å². The fourth-order valence-corrected chi connectivity index (χ4v) is 3.66. The summed E-state index contributed by atoms with van der Waals surface area (Å²) in [6.45, 7) is 3.07. The number of likely N-dealkylation sites (tertiary alicyclic amines) is 1. The van der Waals surface area contributed by atoms with Crippen LogP contribution >= 0.6 is 0 Å². The molecule has 168 valence electrons. The number of carbonyl (C=O) groups is 2. The molecular weight excluding hydrogens is 429 g/mol. The van der Waals surface area contributed by atoms with Crippen molar-refractivity contribution in [2.24, 2.45) is 0 Å². The second kappa shape index (κ2) is 8.34. The summed E-state index contributed by atoms with van der Waals surface area (Å²) >= 11 is 0. The van der Waals surface area contributed by atoms with Gasteiger partial charge in [-0.05, 0) is 31.0 Å². The number of aromatic nitrogens is 4. The van der Waals surface area contributed by atoms with Gasteiger partial charge in [0.25, 0.3) is 5.91 Å². The monoisotopic (exact) mass is 449 g/mol. The van der Waals surface area contributed by atoms with Gasteiger partial charge >= 0.3 is 6.03 Å². The number of nitrogens with zero attached hydrogens (tertiary/aromatic N) is 5. The number of carbonyl (C=O) groups excluding carboxylic acids is 2. The van der Waals surface area contributed by atoms with Gasteiger partial charge in [0, 0.05) is 43.7 Å². The number of rotatable bonds is 4. The van der Waals surface area contributed by atoms with E-state index in [4.69, 9.17) is 4.42 Å². The van der Waals surface area contributed by atoms with E-state index in [0.29, 0.717) is 41.8 Å². The molecule has 1 aromatic carbocycles. The fraction of sp³-hybridized carbons (Fsp3) is 0.227. The Balaban J connectivity index is 1.38. The largest absolute Gasteiger partial charge is 0.436 e. The first-order valence-electron chi connectivity index (χ1n) is 10.4. The summed E-state index contributed by atoms with van der Waals surface area (Å²) in [4.78, 5) is 38.9. The average Bonchev–Trinajstić information content (AvgIpc) is 3.55. The first kappa shape index (κ1) is 20.6. The Morgan fingerprint density at radius 3 is 2.64 bits per heavy atom. The summed E-state index contributed by atoms with van der Waals surface area (Å²) < 4.78 is 21.4. The van der Waals surface area contributed by atoms with Gasteiger partial charge in [-0.25, -0.2) is 24.1 Å². The minimum Gasteiger partial charge on any atom is -0.436 e. The van der Waals surface area contributed by atoms with Gasteiger partial charge in [-0.15, -0.1) is 0 Å². The van der Waals surface area contributed by atoms with Crippen molar-refractivity contribution in [2.45, 2.75) is 19.8 Å². The van der Waals surface area contributed by atoms with Crippen LogP contribution in [0.4, 0.5) is 20.6 Å². The lowest BCUT2D eigenvalue weighted by Crippen LogP contribution is -2.32. The molecule has 0 radical (unpaired) electrons. The zero-order valence-electron chi connectivity index (χ0n) is 17.7. The minimum absolute atomic E-state index is 0.0776. The predicted molar refractivity (Wildman–Crippen MR) is 117 cm³/mol. The second-order valence-electron chi connectivity index (χ2n) is 7.69. The van der Waals surface area contributed by atoms with Crippen LogP contribution in [-0.2, 0) is 0 Å². The molecule has 0 spiro atoms. The molecule has 2 N–H and O–H groups in total. The summed E-state index contributed by atoms with van der Waals surface area (Å²) in [5, 5.41) is 5.48. The Labute approximate surface area is 187 Å². The molecule has 0 saturated carbocycles. The van der Waals surface area contributed by atoms with E-state index in [-0.39, 0.29) is 17.4 Å². The lowest BCUT2D eigenvalue weighted by molar-refractivity contribution is 0.0995. The Morgan fingerprint density at radius 1 is 1.06 bits per heavy atom. The molecule has 0 atom stereocenters. The number of halogens is 1. The van der Waals surface area contributed by atoms with Gasteiger partial charge in [-0.1, -0.05) is 0 Å². The SMILES string of the molecule is Cc1ncc(C(=O)Nc2cnc3nc(-c4cc(NC(=O)N5CCCC5)ccc4F)cn3c2)o1. The van der Waals surface area contributed by atoms with Crippen molar-refractivity contribution in [3.05, 3.63) is 60.5 Å². The van der Waals surface area contributed by atoms with E-state index in [1.54, 1.807) is 34.7 Å². The zero-order chi connectivity index (χ0) is 22.9. The number of oxazole rings is 1. The highest BCUT2D eigenvalue weighted by Gasteiger charge is 2.19. The third-order valence-electron chi connectivity index (χ3n) is 5.30. The number of amides is 3. The van der Waals surface area contributed by atoms with E-state index in [0.717, 1.165) is 12.8 Å². The van der Waals surface area contributed by atoms with E-state index in [2.05, 4.69) is 25.6 Å². The number of aryl methyl sites for hydroxylation is 1. The number of nitrogens with one attached hydrogen (secondary N) is 2. The maximum Gasteiger partial charge on any atom is 0.321 e. The highest BCUT2D eigenvalue weighted by molar-refractivity contribution is 6.01. The van der Waals surface area contributed by atoms with Crippen molar-refractivity contribution in [2.75, 3.05) is 23.7 Å². The third kappa shape index (κ3) is 4.25. The Morgan fingerprint density at radius 2 is 1.88 bits per heavy atom. The second-order valence-corrected chi connectivity index (χ2v) is 7.69. The van der Waals surface area contributed by atoms with Crippen LogP contribution in [0, 0.1) is 12.7 Å². The van der Waals surface area contributed by atoms with Gasteiger partial charge in [0.15, 0.2) is 5.89 Å². The summed E-state index contributed by atoms with van der Waals surface area (Å²) in [6.07, 6.45) is 7.95. The molecule has 33 heavy (non-hydrogen) atoms. The molecule has 5 rings (SSSR count). The molecule has 4 heterocycles. The highest BCUT2D eigenvalue weighted by atomic mass is 19.1. The van der Waals surface area contributed by atoms with Crippen LogP contribution in [0.2, 0.25) is 0 Å². The number of benzene rings is 1. The molecule has 0 unspecified atom stereocenters. The van der Waals surface area contributed by atoms with Gasteiger partial charge in [-0.3, -0.25) is 9.20 Å². The summed E-state index contributed by atoms with van der Waals surface area (Å²) in [7, 11) is 0. The van der Waals surface area contributed by atoms with Crippen LogP contribution in [0.3, 0.4) is 0 Å². The van der Waals surface area contributed by atoms with Crippen LogP contribution in [0.1, 0.15) is 29.3 Å². The Hall–Kier alpha value is -4.28. The summed E-state index contributed by atoms with van der Waals surface area (Å²) in [5.41, 5.74) is 1.44. The Kier molecular flexibility index (Phi) is 5.21. The molecule has 1 aliphatic heterocycles. The molecule has 0 aliphatic carbocycles. The average molecular weight is 449 g/mol. The van der Waals surface area contributed by atoms with Gasteiger partial charge in [0.2, 0.25) is 11.5 Å². The summed E-state index contributed by atoms with van der Waals surface area (Å²) in [5.74, 6) is -0.163. The van der Waals surface area contributed by atoms with Gasteiger partial charge in [0.05, 0.1) is 23.8 Å². The molecule has 1 saturated heterocycles. The summed E-state index contributed by atoms with van der Waals surface area (Å²) in [6, 6.07) is 4.14. The van der Waals surface area contributed by atoms with Crippen LogP contribution in [0.25, 0.3) is 17.0 Å². The standard InChI is InChI=1S/C22H20FN7O3/c1-13-24-10-19(33-13)20(31)26-15-9-25-21-28-18(12-30(21)11-15)16-8-14(4-5-17(16)23)27-22(32)29-6-2-3-7-29/h4-5,8-12H,2-3,6-7H2,1H3,(H,26,31)(H,27,32). The smallest absolute Gasteiger partial charge is 0.321 e. The van der Waals surface area contributed by atoms with Crippen LogP contribution < -0.4 is 10.6 Å². The number of hydrogen-bond donors (Lipinski definition) is 2. The van der Waals surface area contributed by atoms with E-state index in [9.17, 15) is 14.0 Å². The van der Waals surface area contributed by atoms with Crippen LogP contribution in [0.5, 0.6) is 0 Å². The first-order valence-corrected chi connectivity index (χ1v) is 10.4. The highest BCUT2D eigenvalue weighted by Crippen LogP contribution is 2.26. The van der Waals surface area contributed by atoms with Crippen molar-refractivity contribution in [3.63, 3.8) is 0 Å². The van der Waals surface area contributed by atoms with E-state index in [1.165, 1.54) is 24.5 Å². The molecular formula is C22H20FN7O3. The molecule has 3 amide bonds. The van der Waals surface area contributed by atoms with Crippen LogP contribution in [0.15, 0.2) is 47.4 Å². The van der Waals surface area contributed by atoms with Crippen molar-refractivity contribution in [3.8, 4) is 11.3 Å². The lowest BCUT2D eigenvalue weighted by atomic mass is 10.1. The van der Waals surface area contributed by atoms with Crippen molar-refractivity contribution in [1.82, 2.24) is 24.3 Å². The number of fused-ring (bicyclic) bond motifs is 1. The third-order valence-corrected chi connectivity index (χ3v) is 5.30. The normalized spacial score (nSPS) is 13.5. The quantitative estimate of drug-likeness (QED) is 0.490. The van der Waals surface area contributed by atoms with Crippen molar-refractivity contribution in [1.29, 1.82) is 0 Å². The van der Waals surface area contributed by atoms with Crippen molar-refractivity contribution >= 4 is 29.1 Å². The lowest BCUT2D eigenvalue weighted by Gasteiger charge is -2.16. The molecule has 1 fully saturated rings. The minimum atomic E-state index is -0.480. The van der Waals surface area contributed by atoms with Gasteiger partial charge in [0.1, 0.15) is 5.82 Å². The topological polar surface area (TPSA) is 118 Å². The number of hydrogen-bond acceptors (Lipinski definition) is 6. The molecule has 0 bridgehead atoms. The molecule has 1 aliphatic rings. The number of imidazole rings is 1. The maximum absolute atomic E-state index is 14.6. The van der Waals surface area contributed by atoms with Gasteiger partial charge < -0.3 is 20.0 Å². The first-order chi connectivity index (χ1) is 16.0. The molecule has 4 aromatic rings. The fourth-order valence-electron chi connectivity index (χ4n) is 3.66. The zero-order valence-corrected chi connectivity index (χ0v) is 17.7. The maximum atomic E-state index is 14.6. The number of anilines is 2. The Bertz CT molecular complexity index is 1360. The molecule has 10 nitrogen and oxygen atoms in total.